The van der Waals surface area contributed by atoms with E-state index in [1.165, 1.54) is 6.07 Å². The molecule has 0 heterocycles. The molecule has 180 valence electrons. The van der Waals surface area contributed by atoms with E-state index in [0.717, 1.165) is 29.9 Å². The molecule has 0 aromatic heterocycles. The zero-order chi connectivity index (χ0) is 24.2. The molecule has 3 aromatic rings. The third-order valence-corrected chi connectivity index (χ3v) is 6.28. The molecule has 2 N–H and O–H groups in total. The molecule has 0 atom stereocenters. The molecule has 0 saturated carbocycles. The molecular formula is C26H30N2O5S. The number of hydrogen-bond acceptors (Lipinski definition) is 5. The van der Waals surface area contributed by atoms with Crippen molar-refractivity contribution in [1.29, 1.82) is 0 Å². The van der Waals surface area contributed by atoms with Gasteiger partial charge in [0.2, 0.25) is 10.0 Å². The standard InChI is InChI=1S/C26H30N2O5S/c1-2-34(30,31)28-23-12-8-11-22(19-23)26(29)27-17-6-7-18-32-24-13-15-25(16-14-24)33-20-21-9-4-3-5-10-21/h3-5,8-16,19,28H,2,6-7,17-18,20H2,1H3,(H,27,29). The first-order valence-corrected chi connectivity index (χ1v) is 12.9. The highest BCUT2D eigenvalue weighted by Gasteiger charge is 2.10. The Morgan fingerprint density at radius 2 is 1.56 bits per heavy atom. The molecule has 0 spiro atoms. The lowest BCUT2D eigenvalue weighted by molar-refractivity contribution is 0.0952. The Hall–Kier alpha value is -3.52. The Labute approximate surface area is 201 Å². The van der Waals surface area contributed by atoms with E-state index in [9.17, 15) is 13.2 Å². The lowest BCUT2D eigenvalue weighted by Crippen LogP contribution is -2.25. The van der Waals surface area contributed by atoms with E-state index in [1.54, 1.807) is 25.1 Å². The van der Waals surface area contributed by atoms with E-state index in [4.69, 9.17) is 9.47 Å². The van der Waals surface area contributed by atoms with Crippen LogP contribution in [0.15, 0.2) is 78.9 Å². The van der Waals surface area contributed by atoms with Crippen LogP contribution in [0.25, 0.3) is 0 Å². The van der Waals surface area contributed by atoms with Gasteiger partial charge in [-0.1, -0.05) is 36.4 Å². The normalized spacial score (nSPS) is 11.0. The highest BCUT2D eigenvalue weighted by molar-refractivity contribution is 7.92. The molecule has 0 fully saturated rings. The van der Waals surface area contributed by atoms with Crippen LogP contribution in [0.2, 0.25) is 0 Å². The van der Waals surface area contributed by atoms with Crippen molar-refractivity contribution in [3.8, 4) is 11.5 Å². The van der Waals surface area contributed by atoms with Crippen molar-refractivity contribution in [2.24, 2.45) is 0 Å². The minimum Gasteiger partial charge on any atom is -0.494 e. The van der Waals surface area contributed by atoms with E-state index < -0.39 is 10.0 Å². The Bertz CT molecular complexity index is 1150. The maximum atomic E-state index is 12.3. The number of amides is 1. The summed E-state index contributed by atoms with van der Waals surface area (Å²) in [4.78, 5) is 12.3. The minimum absolute atomic E-state index is 0.0301. The first kappa shape index (κ1) is 25.1. The summed E-state index contributed by atoms with van der Waals surface area (Å²) in [5.74, 6) is 1.27. The van der Waals surface area contributed by atoms with Gasteiger partial charge < -0.3 is 14.8 Å². The van der Waals surface area contributed by atoms with Crippen LogP contribution in [0, 0.1) is 0 Å². The number of carbonyl (C=O) groups is 1. The maximum absolute atomic E-state index is 12.3. The fraction of sp³-hybridized carbons (Fsp3) is 0.269. The van der Waals surface area contributed by atoms with Gasteiger partial charge in [0.1, 0.15) is 18.1 Å². The maximum Gasteiger partial charge on any atom is 0.251 e. The Morgan fingerprint density at radius 1 is 0.853 bits per heavy atom. The van der Waals surface area contributed by atoms with Gasteiger partial charge in [0.05, 0.1) is 12.4 Å². The molecule has 8 heteroatoms. The van der Waals surface area contributed by atoms with Gasteiger partial charge >= 0.3 is 0 Å². The zero-order valence-electron chi connectivity index (χ0n) is 19.2. The molecule has 0 aliphatic carbocycles. The van der Waals surface area contributed by atoms with Gasteiger partial charge in [0.25, 0.3) is 5.91 Å². The number of unbranched alkanes of at least 4 members (excludes halogenated alkanes) is 1. The summed E-state index contributed by atoms with van der Waals surface area (Å²) in [7, 11) is -3.38. The fourth-order valence-corrected chi connectivity index (χ4v) is 3.70. The highest BCUT2D eigenvalue weighted by Crippen LogP contribution is 2.19. The molecule has 0 aliphatic rings. The van der Waals surface area contributed by atoms with Crippen molar-refractivity contribution >= 4 is 21.6 Å². The number of benzene rings is 3. The van der Waals surface area contributed by atoms with Gasteiger partial charge in [0.15, 0.2) is 0 Å². The minimum atomic E-state index is -3.38. The van der Waals surface area contributed by atoms with E-state index in [1.807, 2.05) is 54.6 Å². The van der Waals surface area contributed by atoms with E-state index in [2.05, 4.69) is 10.0 Å². The largest absolute Gasteiger partial charge is 0.494 e. The smallest absolute Gasteiger partial charge is 0.251 e. The third kappa shape index (κ3) is 8.44. The van der Waals surface area contributed by atoms with Crippen molar-refractivity contribution in [3.63, 3.8) is 0 Å². The lowest BCUT2D eigenvalue weighted by atomic mass is 10.2. The predicted molar refractivity (Wildman–Crippen MR) is 134 cm³/mol. The number of hydrogen-bond donors (Lipinski definition) is 2. The van der Waals surface area contributed by atoms with Gasteiger partial charge in [-0.15, -0.1) is 0 Å². The summed E-state index contributed by atoms with van der Waals surface area (Å²) in [5.41, 5.74) is 1.89. The summed E-state index contributed by atoms with van der Waals surface area (Å²) in [5, 5.41) is 2.85. The molecular weight excluding hydrogens is 452 g/mol. The molecule has 0 bridgehead atoms. The Balaban J connectivity index is 1.32. The van der Waals surface area contributed by atoms with Crippen molar-refractivity contribution in [2.45, 2.75) is 26.4 Å². The monoisotopic (exact) mass is 482 g/mol. The van der Waals surface area contributed by atoms with Gasteiger partial charge in [-0.2, -0.15) is 0 Å². The second-order valence-electron chi connectivity index (χ2n) is 7.64. The molecule has 1 amide bonds. The van der Waals surface area contributed by atoms with Crippen molar-refractivity contribution in [3.05, 3.63) is 90.0 Å². The average Bonchev–Trinajstić information content (AvgIpc) is 2.86. The van der Waals surface area contributed by atoms with Gasteiger partial charge in [0, 0.05) is 17.8 Å². The summed E-state index contributed by atoms with van der Waals surface area (Å²) in [6.45, 7) is 3.11. The molecule has 3 aromatic carbocycles. The topological polar surface area (TPSA) is 93.7 Å². The molecule has 3 rings (SSSR count). The zero-order valence-corrected chi connectivity index (χ0v) is 20.0. The predicted octanol–water partition coefficient (Wildman–Crippen LogP) is 4.62. The number of nitrogens with one attached hydrogen (secondary N) is 2. The quantitative estimate of drug-likeness (QED) is 0.347. The van der Waals surface area contributed by atoms with Crippen molar-refractivity contribution in [1.82, 2.24) is 5.32 Å². The van der Waals surface area contributed by atoms with Crippen molar-refractivity contribution < 1.29 is 22.7 Å². The third-order valence-electron chi connectivity index (χ3n) is 4.98. The first-order chi connectivity index (χ1) is 16.4. The van der Waals surface area contributed by atoms with Crippen molar-refractivity contribution in [2.75, 3.05) is 23.6 Å². The van der Waals surface area contributed by atoms with Crippen LogP contribution in [0.3, 0.4) is 0 Å². The second kappa shape index (κ2) is 12.6. The summed E-state index contributed by atoms with van der Waals surface area (Å²) in [6, 6.07) is 23.9. The van der Waals surface area contributed by atoms with Gasteiger partial charge in [-0.3, -0.25) is 9.52 Å². The molecule has 34 heavy (non-hydrogen) atoms. The number of anilines is 1. The van der Waals surface area contributed by atoms with Crippen LogP contribution in [0.5, 0.6) is 11.5 Å². The fourth-order valence-electron chi connectivity index (χ4n) is 3.07. The molecule has 0 unspecified atom stereocenters. The van der Waals surface area contributed by atoms with Gasteiger partial charge in [-0.05, 0) is 67.8 Å². The number of sulfonamides is 1. The first-order valence-electron chi connectivity index (χ1n) is 11.2. The summed E-state index contributed by atoms with van der Waals surface area (Å²) in [6.07, 6.45) is 1.54. The van der Waals surface area contributed by atoms with Crippen LogP contribution in [0.4, 0.5) is 5.69 Å². The Kier molecular flexibility index (Phi) is 9.34. The Morgan fingerprint density at radius 3 is 2.26 bits per heavy atom. The van der Waals surface area contributed by atoms with Crippen LogP contribution in [-0.2, 0) is 16.6 Å². The van der Waals surface area contributed by atoms with Gasteiger partial charge in [-0.25, -0.2) is 8.42 Å². The van der Waals surface area contributed by atoms with E-state index >= 15 is 0 Å². The summed E-state index contributed by atoms with van der Waals surface area (Å²) < 4.78 is 37.4. The number of ether oxygens (including phenoxy) is 2. The summed E-state index contributed by atoms with van der Waals surface area (Å²) >= 11 is 0. The van der Waals surface area contributed by atoms with E-state index in [0.29, 0.717) is 31.0 Å². The molecule has 0 aliphatic heterocycles. The molecule has 0 radical (unpaired) electrons. The molecule has 7 nitrogen and oxygen atoms in total. The SMILES string of the molecule is CCS(=O)(=O)Nc1cccc(C(=O)NCCCCOc2ccc(OCc3ccccc3)cc2)c1. The van der Waals surface area contributed by atoms with Crippen LogP contribution in [-0.4, -0.2) is 33.2 Å². The van der Waals surface area contributed by atoms with E-state index in [-0.39, 0.29) is 11.7 Å². The number of carbonyl (C=O) groups excluding carboxylic acids is 1. The lowest BCUT2D eigenvalue weighted by Gasteiger charge is -2.10. The van der Waals surface area contributed by atoms with Crippen LogP contribution in [0.1, 0.15) is 35.7 Å². The second-order valence-corrected chi connectivity index (χ2v) is 9.65. The molecule has 0 saturated heterocycles. The number of rotatable bonds is 13. The average molecular weight is 483 g/mol. The highest BCUT2D eigenvalue weighted by atomic mass is 32.2. The van der Waals surface area contributed by atoms with Crippen LogP contribution >= 0.6 is 0 Å². The van der Waals surface area contributed by atoms with Crippen LogP contribution < -0.4 is 19.5 Å².